The van der Waals surface area contributed by atoms with Gasteiger partial charge in [0, 0.05) is 0 Å². The lowest BCUT2D eigenvalue weighted by atomic mass is 10.2. The highest BCUT2D eigenvalue weighted by atomic mass is 19.1. The standard InChI is InChI=1S/C20H21FN2O5/c1-14-5-4-6-15(11-14)27-10-9-22-18(24)13-28-19(25)12-23-20(26)16-7-2-3-8-17(16)21/h2-8,11H,9-10,12-13H2,1H3,(H,22,24)(H,23,26). The Labute approximate surface area is 161 Å². The van der Waals surface area contributed by atoms with Gasteiger partial charge in [0.15, 0.2) is 6.61 Å². The third kappa shape index (κ3) is 7.06. The van der Waals surface area contributed by atoms with Crippen molar-refractivity contribution >= 4 is 17.8 Å². The SMILES string of the molecule is Cc1cccc(OCCNC(=O)COC(=O)CNC(=O)c2ccccc2F)c1. The predicted molar refractivity (Wildman–Crippen MR) is 99.4 cm³/mol. The molecule has 28 heavy (non-hydrogen) atoms. The molecule has 2 aromatic rings. The minimum absolute atomic E-state index is 0.179. The van der Waals surface area contributed by atoms with Gasteiger partial charge < -0.3 is 20.1 Å². The second-order valence-corrected chi connectivity index (χ2v) is 5.84. The number of halogens is 1. The monoisotopic (exact) mass is 388 g/mol. The minimum Gasteiger partial charge on any atom is -0.492 e. The van der Waals surface area contributed by atoms with E-state index in [1.807, 2.05) is 31.2 Å². The van der Waals surface area contributed by atoms with Crippen LogP contribution in [0.15, 0.2) is 48.5 Å². The molecule has 0 fully saturated rings. The number of carbonyl (C=O) groups excluding carboxylic acids is 3. The zero-order valence-corrected chi connectivity index (χ0v) is 15.4. The van der Waals surface area contributed by atoms with Gasteiger partial charge in [0.25, 0.3) is 11.8 Å². The zero-order valence-electron chi connectivity index (χ0n) is 15.4. The van der Waals surface area contributed by atoms with Crippen LogP contribution in [0.1, 0.15) is 15.9 Å². The van der Waals surface area contributed by atoms with Crippen LogP contribution in [-0.2, 0) is 14.3 Å². The average molecular weight is 388 g/mol. The van der Waals surface area contributed by atoms with Crippen LogP contribution in [0.25, 0.3) is 0 Å². The highest BCUT2D eigenvalue weighted by Crippen LogP contribution is 2.11. The van der Waals surface area contributed by atoms with E-state index >= 15 is 0 Å². The lowest BCUT2D eigenvalue weighted by Gasteiger charge is -2.09. The third-order valence-corrected chi connectivity index (χ3v) is 3.56. The van der Waals surface area contributed by atoms with Crippen molar-refractivity contribution in [2.24, 2.45) is 0 Å². The van der Waals surface area contributed by atoms with Gasteiger partial charge in [-0.25, -0.2) is 4.39 Å². The molecule has 0 unspecified atom stereocenters. The molecule has 0 saturated carbocycles. The number of hydrogen-bond donors (Lipinski definition) is 2. The summed E-state index contributed by atoms with van der Waals surface area (Å²) in [6.45, 7) is 1.49. The Bertz CT molecular complexity index is 841. The summed E-state index contributed by atoms with van der Waals surface area (Å²) in [5.74, 6) is -2.04. The van der Waals surface area contributed by atoms with E-state index < -0.39 is 36.8 Å². The van der Waals surface area contributed by atoms with E-state index in [1.165, 1.54) is 18.2 Å². The summed E-state index contributed by atoms with van der Waals surface area (Å²) in [5, 5.41) is 4.78. The molecule has 0 bridgehead atoms. The van der Waals surface area contributed by atoms with Gasteiger partial charge in [0.2, 0.25) is 0 Å². The number of aryl methyl sites for hydroxylation is 1. The van der Waals surface area contributed by atoms with Crippen molar-refractivity contribution in [3.63, 3.8) is 0 Å². The van der Waals surface area contributed by atoms with Crippen molar-refractivity contribution in [2.45, 2.75) is 6.92 Å². The van der Waals surface area contributed by atoms with E-state index in [2.05, 4.69) is 10.6 Å². The van der Waals surface area contributed by atoms with Crippen LogP contribution in [0, 0.1) is 12.7 Å². The molecule has 2 aromatic carbocycles. The second-order valence-electron chi connectivity index (χ2n) is 5.84. The molecule has 2 N–H and O–H groups in total. The van der Waals surface area contributed by atoms with Gasteiger partial charge in [-0.15, -0.1) is 0 Å². The largest absolute Gasteiger partial charge is 0.492 e. The minimum atomic E-state index is -0.809. The lowest BCUT2D eigenvalue weighted by molar-refractivity contribution is -0.147. The van der Waals surface area contributed by atoms with Crippen molar-refractivity contribution in [3.8, 4) is 5.75 Å². The first-order valence-corrected chi connectivity index (χ1v) is 8.60. The van der Waals surface area contributed by atoms with E-state index in [9.17, 15) is 18.8 Å². The van der Waals surface area contributed by atoms with Gasteiger partial charge in [0.05, 0.1) is 12.1 Å². The molecule has 0 spiro atoms. The molecule has 0 aliphatic rings. The number of carbonyl (C=O) groups is 3. The number of esters is 1. The summed E-state index contributed by atoms with van der Waals surface area (Å²) in [4.78, 5) is 35.0. The van der Waals surface area contributed by atoms with E-state index in [-0.39, 0.29) is 18.7 Å². The predicted octanol–water partition coefficient (Wildman–Crippen LogP) is 1.60. The summed E-state index contributed by atoms with van der Waals surface area (Å²) in [6.07, 6.45) is 0. The summed E-state index contributed by atoms with van der Waals surface area (Å²) < 4.78 is 23.7. The summed E-state index contributed by atoms with van der Waals surface area (Å²) in [7, 11) is 0. The van der Waals surface area contributed by atoms with Crippen molar-refractivity contribution in [1.82, 2.24) is 10.6 Å². The van der Waals surface area contributed by atoms with E-state index in [0.29, 0.717) is 5.75 Å². The molecule has 2 rings (SSSR count). The van der Waals surface area contributed by atoms with E-state index in [0.717, 1.165) is 11.6 Å². The third-order valence-electron chi connectivity index (χ3n) is 3.56. The summed E-state index contributed by atoms with van der Waals surface area (Å²) >= 11 is 0. The normalized spacial score (nSPS) is 10.1. The van der Waals surface area contributed by atoms with Gasteiger partial charge >= 0.3 is 5.97 Å². The van der Waals surface area contributed by atoms with Crippen LogP contribution in [-0.4, -0.2) is 44.1 Å². The van der Waals surface area contributed by atoms with Gasteiger partial charge in [0.1, 0.15) is 24.7 Å². The first kappa shape index (κ1) is 20.9. The van der Waals surface area contributed by atoms with Gasteiger partial charge in [-0.1, -0.05) is 24.3 Å². The zero-order chi connectivity index (χ0) is 20.4. The van der Waals surface area contributed by atoms with E-state index in [4.69, 9.17) is 9.47 Å². The maximum absolute atomic E-state index is 13.5. The van der Waals surface area contributed by atoms with E-state index in [1.54, 1.807) is 0 Å². The molecular weight excluding hydrogens is 367 g/mol. The molecule has 0 atom stereocenters. The lowest BCUT2D eigenvalue weighted by Crippen LogP contribution is -2.35. The molecule has 0 aromatic heterocycles. The van der Waals surface area contributed by atoms with Gasteiger partial charge in [-0.05, 0) is 36.8 Å². The fourth-order valence-corrected chi connectivity index (χ4v) is 2.21. The molecule has 0 heterocycles. The highest BCUT2D eigenvalue weighted by Gasteiger charge is 2.13. The maximum atomic E-state index is 13.5. The Hall–Kier alpha value is -3.42. The quantitative estimate of drug-likeness (QED) is 0.503. The molecule has 7 nitrogen and oxygen atoms in total. The molecule has 0 aliphatic heterocycles. The van der Waals surface area contributed by atoms with Crippen LogP contribution in [0.3, 0.4) is 0 Å². The molecular formula is C20H21FN2O5. The fraction of sp³-hybridized carbons (Fsp3) is 0.250. The number of amides is 2. The Morgan fingerprint density at radius 1 is 1.04 bits per heavy atom. The first-order valence-electron chi connectivity index (χ1n) is 8.60. The number of hydrogen-bond acceptors (Lipinski definition) is 5. The van der Waals surface area contributed by atoms with Crippen molar-refractivity contribution in [2.75, 3.05) is 26.3 Å². The molecule has 2 amide bonds. The summed E-state index contributed by atoms with van der Waals surface area (Å²) in [5.41, 5.74) is 0.886. The summed E-state index contributed by atoms with van der Waals surface area (Å²) in [6, 6.07) is 12.9. The Morgan fingerprint density at radius 2 is 1.82 bits per heavy atom. The number of rotatable bonds is 9. The fourth-order valence-electron chi connectivity index (χ4n) is 2.21. The molecule has 8 heteroatoms. The van der Waals surface area contributed by atoms with Crippen molar-refractivity contribution in [1.29, 1.82) is 0 Å². The Kier molecular flexibility index (Phi) is 7.95. The van der Waals surface area contributed by atoms with Crippen molar-refractivity contribution in [3.05, 3.63) is 65.5 Å². The van der Waals surface area contributed by atoms with Crippen molar-refractivity contribution < 1.29 is 28.2 Å². The van der Waals surface area contributed by atoms with Crippen LogP contribution >= 0.6 is 0 Å². The second kappa shape index (κ2) is 10.7. The van der Waals surface area contributed by atoms with Crippen LogP contribution < -0.4 is 15.4 Å². The molecule has 0 saturated heterocycles. The van der Waals surface area contributed by atoms with Crippen LogP contribution in [0.4, 0.5) is 4.39 Å². The molecule has 0 aliphatic carbocycles. The highest BCUT2D eigenvalue weighted by molar-refractivity contribution is 5.96. The molecule has 148 valence electrons. The number of benzene rings is 2. The van der Waals surface area contributed by atoms with Gasteiger partial charge in [-0.2, -0.15) is 0 Å². The average Bonchev–Trinajstić information content (AvgIpc) is 2.68. The van der Waals surface area contributed by atoms with Gasteiger partial charge in [-0.3, -0.25) is 14.4 Å². The topological polar surface area (TPSA) is 93.7 Å². The van der Waals surface area contributed by atoms with Crippen LogP contribution in [0.5, 0.6) is 5.75 Å². The number of nitrogens with one attached hydrogen (secondary N) is 2. The Balaban J connectivity index is 1.59. The maximum Gasteiger partial charge on any atom is 0.325 e. The first-order chi connectivity index (χ1) is 13.5. The molecule has 0 radical (unpaired) electrons. The Morgan fingerprint density at radius 3 is 2.57 bits per heavy atom. The smallest absolute Gasteiger partial charge is 0.325 e. The number of ether oxygens (including phenoxy) is 2. The van der Waals surface area contributed by atoms with Crippen LogP contribution in [0.2, 0.25) is 0 Å².